The molecule has 0 aromatic heterocycles. The van der Waals surface area contributed by atoms with E-state index in [1.807, 2.05) is 0 Å². The van der Waals surface area contributed by atoms with Crippen LogP contribution in [0.2, 0.25) is 5.02 Å². The number of nitro benzene ring substituents is 1. The second-order valence-electron chi connectivity index (χ2n) is 3.89. The van der Waals surface area contributed by atoms with Gasteiger partial charge in [0.1, 0.15) is 11.3 Å². The summed E-state index contributed by atoms with van der Waals surface area (Å²) in [6.07, 6.45) is 0. The average molecular weight is 293 g/mol. The first-order valence-corrected chi connectivity index (χ1v) is 5.90. The van der Waals surface area contributed by atoms with Crippen molar-refractivity contribution in [1.82, 2.24) is 0 Å². The van der Waals surface area contributed by atoms with Crippen LogP contribution in [0, 0.1) is 10.1 Å². The molecule has 0 heterocycles. The molecule has 1 amide bonds. The Morgan fingerprint density at radius 1 is 1.25 bits per heavy atom. The number of para-hydroxylation sites is 2. The van der Waals surface area contributed by atoms with Crippen LogP contribution >= 0.6 is 11.6 Å². The van der Waals surface area contributed by atoms with E-state index in [1.54, 1.807) is 12.1 Å². The summed E-state index contributed by atoms with van der Waals surface area (Å²) < 4.78 is 0. The summed E-state index contributed by atoms with van der Waals surface area (Å²) >= 11 is 5.75. The third-order valence-electron chi connectivity index (χ3n) is 2.55. The van der Waals surface area contributed by atoms with Crippen molar-refractivity contribution < 1.29 is 14.8 Å². The number of halogens is 1. The number of carbonyl (C=O) groups excluding carboxylic acids is 1. The summed E-state index contributed by atoms with van der Waals surface area (Å²) in [5.41, 5.74) is -0.375. The summed E-state index contributed by atoms with van der Waals surface area (Å²) in [5, 5.41) is 23.1. The first kappa shape index (κ1) is 13.8. The smallest absolute Gasteiger partial charge is 0.282 e. The fourth-order valence-corrected chi connectivity index (χ4v) is 1.79. The second kappa shape index (κ2) is 5.58. The molecule has 20 heavy (non-hydrogen) atoms. The molecule has 0 saturated carbocycles. The van der Waals surface area contributed by atoms with E-state index in [0.717, 1.165) is 6.07 Å². The number of nitro groups is 1. The van der Waals surface area contributed by atoms with Gasteiger partial charge in [-0.05, 0) is 24.3 Å². The van der Waals surface area contributed by atoms with Crippen LogP contribution in [0.15, 0.2) is 42.5 Å². The van der Waals surface area contributed by atoms with Gasteiger partial charge in [0, 0.05) is 11.1 Å². The van der Waals surface area contributed by atoms with Crippen molar-refractivity contribution >= 4 is 28.9 Å². The maximum absolute atomic E-state index is 12.1. The standard InChI is InChI=1S/C13H9ClN2O4/c14-8-5-6-11(16(19)20)9(7-8)13(18)15-10-3-1-2-4-12(10)17/h1-7,17H,(H,15,18). The Morgan fingerprint density at radius 2 is 1.95 bits per heavy atom. The third kappa shape index (κ3) is 2.86. The first-order valence-electron chi connectivity index (χ1n) is 5.52. The zero-order chi connectivity index (χ0) is 14.7. The normalized spacial score (nSPS) is 10.1. The van der Waals surface area contributed by atoms with Gasteiger partial charge in [-0.3, -0.25) is 14.9 Å². The van der Waals surface area contributed by atoms with E-state index in [1.165, 1.54) is 24.3 Å². The summed E-state index contributed by atoms with van der Waals surface area (Å²) in [5.74, 6) is -0.855. The molecule has 0 aliphatic rings. The van der Waals surface area contributed by atoms with Gasteiger partial charge in [-0.2, -0.15) is 0 Å². The van der Waals surface area contributed by atoms with Crippen LogP contribution < -0.4 is 5.32 Å². The number of phenolic OH excluding ortho intramolecular Hbond substituents is 1. The van der Waals surface area contributed by atoms with E-state index in [2.05, 4.69) is 5.32 Å². The minimum atomic E-state index is -0.722. The van der Waals surface area contributed by atoms with Crippen molar-refractivity contribution in [2.75, 3.05) is 5.32 Å². The van der Waals surface area contributed by atoms with Crippen LogP contribution in [0.25, 0.3) is 0 Å². The molecule has 0 bridgehead atoms. The predicted octanol–water partition coefficient (Wildman–Crippen LogP) is 3.21. The minimum absolute atomic E-state index is 0.134. The number of benzene rings is 2. The lowest BCUT2D eigenvalue weighted by Crippen LogP contribution is -2.14. The Morgan fingerprint density at radius 3 is 2.60 bits per heavy atom. The molecule has 2 N–H and O–H groups in total. The topological polar surface area (TPSA) is 92.5 Å². The molecule has 2 aromatic carbocycles. The molecule has 0 atom stereocenters. The average Bonchev–Trinajstić information content (AvgIpc) is 2.40. The molecule has 2 aromatic rings. The van der Waals surface area contributed by atoms with Crippen molar-refractivity contribution in [1.29, 1.82) is 0 Å². The monoisotopic (exact) mass is 292 g/mol. The lowest BCUT2D eigenvalue weighted by molar-refractivity contribution is -0.385. The Balaban J connectivity index is 2.37. The molecule has 0 aliphatic carbocycles. The van der Waals surface area contributed by atoms with E-state index in [0.29, 0.717) is 0 Å². The number of nitrogens with one attached hydrogen (secondary N) is 1. The highest BCUT2D eigenvalue weighted by molar-refractivity contribution is 6.31. The van der Waals surface area contributed by atoms with Crippen molar-refractivity contribution in [2.45, 2.75) is 0 Å². The van der Waals surface area contributed by atoms with Crippen molar-refractivity contribution in [3.63, 3.8) is 0 Å². The van der Waals surface area contributed by atoms with Crippen molar-refractivity contribution in [2.24, 2.45) is 0 Å². The molecule has 0 saturated heterocycles. The van der Waals surface area contributed by atoms with Crippen LogP contribution in [0.3, 0.4) is 0 Å². The van der Waals surface area contributed by atoms with Crippen LogP contribution in [0.4, 0.5) is 11.4 Å². The summed E-state index contributed by atoms with van der Waals surface area (Å²) in [4.78, 5) is 22.3. The van der Waals surface area contributed by atoms with Gasteiger partial charge >= 0.3 is 0 Å². The zero-order valence-electron chi connectivity index (χ0n) is 10.0. The fraction of sp³-hybridized carbons (Fsp3) is 0. The summed E-state index contributed by atoms with van der Waals surface area (Å²) in [7, 11) is 0. The maximum Gasteiger partial charge on any atom is 0.282 e. The Labute approximate surface area is 118 Å². The molecule has 102 valence electrons. The van der Waals surface area contributed by atoms with Gasteiger partial charge in [-0.15, -0.1) is 0 Å². The second-order valence-corrected chi connectivity index (χ2v) is 4.33. The number of aromatic hydroxyl groups is 1. The number of hydrogen-bond acceptors (Lipinski definition) is 4. The molecule has 0 aliphatic heterocycles. The van der Waals surface area contributed by atoms with Gasteiger partial charge in [-0.25, -0.2) is 0 Å². The largest absolute Gasteiger partial charge is 0.506 e. The van der Waals surface area contributed by atoms with Crippen LogP contribution in [-0.2, 0) is 0 Å². The molecule has 6 nitrogen and oxygen atoms in total. The molecule has 0 unspecified atom stereocenters. The van der Waals surface area contributed by atoms with Gasteiger partial charge in [0.15, 0.2) is 0 Å². The van der Waals surface area contributed by atoms with E-state index >= 15 is 0 Å². The fourth-order valence-electron chi connectivity index (χ4n) is 1.62. The van der Waals surface area contributed by atoms with E-state index in [-0.39, 0.29) is 27.7 Å². The number of amides is 1. The molecule has 7 heteroatoms. The highest BCUT2D eigenvalue weighted by atomic mass is 35.5. The number of phenols is 1. The van der Waals surface area contributed by atoms with Gasteiger partial charge in [-0.1, -0.05) is 23.7 Å². The van der Waals surface area contributed by atoms with Crippen LogP contribution in [0.1, 0.15) is 10.4 Å². The molecule has 2 rings (SSSR count). The minimum Gasteiger partial charge on any atom is -0.506 e. The number of rotatable bonds is 3. The predicted molar refractivity (Wildman–Crippen MR) is 74.2 cm³/mol. The lowest BCUT2D eigenvalue weighted by Gasteiger charge is -2.07. The quantitative estimate of drug-likeness (QED) is 0.516. The molecular weight excluding hydrogens is 284 g/mol. The molecule has 0 fully saturated rings. The number of anilines is 1. The number of carbonyl (C=O) groups is 1. The molecular formula is C13H9ClN2O4. The molecule has 0 spiro atoms. The summed E-state index contributed by atoms with van der Waals surface area (Å²) in [6.45, 7) is 0. The third-order valence-corrected chi connectivity index (χ3v) is 2.79. The Hall–Kier alpha value is -2.60. The number of hydrogen-bond donors (Lipinski definition) is 2. The Kier molecular flexibility index (Phi) is 3.86. The van der Waals surface area contributed by atoms with E-state index in [9.17, 15) is 20.0 Å². The van der Waals surface area contributed by atoms with Gasteiger partial charge in [0.05, 0.1) is 10.6 Å². The van der Waals surface area contributed by atoms with E-state index in [4.69, 9.17) is 11.6 Å². The van der Waals surface area contributed by atoms with Gasteiger partial charge < -0.3 is 10.4 Å². The van der Waals surface area contributed by atoms with Crippen LogP contribution in [0.5, 0.6) is 5.75 Å². The van der Waals surface area contributed by atoms with Crippen molar-refractivity contribution in [3.8, 4) is 5.75 Å². The highest BCUT2D eigenvalue weighted by Crippen LogP contribution is 2.26. The molecule has 0 radical (unpaired) electrons. The summed E-state index contributed by atoms with van der Waals surface area (Å²) in [6, 6.07) is 9.76. The van der Waals surface area contributed by atoms with Crippen LogP contribution in [-0.4, -0.2) is 15.9 Å². The maximum atomic E-state index is 12.1. The zero-order valence-corrected chi connectivity index (χ0v) is 10.8. The highest BCUT2D eigenvalue weighted by Gasteiger charge is 2.21. The first-order chi connectivity index (χ1) is 9.49. The SMILES string of the molecule is O=C(Nc1ccccc1O)c1cc(Cl)ccc1[N+](=O)[O-]. The van der Waals surface area contributed by atoms with E-state index < -0.39 is 10.8 Å². The lowest BCUT2D eigenvalue weighted by atomic mass is 10.1. The van der Waals surface area contributed by atoms with Gasteiger partial charge in [0.25, 0.3) is 11.6 Å². The van der Waals surface area contributed by atoms with Gasteiger partial charge in [0.2, 0.25) is 0 Å². The van der Waals surface area contributed by atoms with Crippen molar-refractivity contribution in [3.05, 3.63) is 63.2 Å². The number of nitrogens with zero attached hydrogens (tertiary/aromatic N) is 1. The Bertz CT molecular complexity index is 688.